The van der Waals surface area contributed by atoms with E-state index in [4.69, 9.17) is 19.4 Å². The molecule has 14 heteroatoms. The number of imidazole rings is 2. The van der Waals surface area contributed by atoms with Gasteiger partial charge in [0.25, 0.3) is 5.92 Å². The number of aromatic nitrogens is 4. The normalized spacial score (nSPS) is 23.4. The third kappa shape index (κ3) is 6.64. The Labute approximate surface area is 352 Å². The smallest absolute Gasteiger partial charge is 0.411 e. The van der Waals surface area contributed by atoms with Gasteiger partial charge < -0.3 is 29.7 Å². The lowest BCUT2D eigenvalue weighted by Crippen LogP contribution is -2.51. The summed E-state index contributed by atoms with van der Waals surface area (Å²) in [5, 5.41) is 2.70. The van der Waals surface area contributed by atoms with Gasteiger partial charge in [-0.3, -0.25) is 9.69 Å². The van der Waals surface area contributed by atoms with Crippen LogP contribution >= 0.6 is 0 Å². The van der Waals surface area contributed by atoms with Crippen molar-refractivity contribution >= 4 is 29.1 Å². The van der Waals surface area contributed by atoms with E-state index in [0.29, 0.717) is 40.3 Å². The van der Waals surface area contributed by atoms with Crippen molar-refractivity contribution < 1.29 is 32.6 Å². The number of hydrogen-bond acceptors (Lipinski definition) is 7. The summed E-state index contributed by atoms with van der Waals surface area (Å²) in [5.74, 6) is -2.03. The number of methoxy groups -OCH3 is 1. The van der Waals surface area contributed by atoms with Gasteiger partial charge in [-0.1, -0.05) is 44.2 Å². The third-order valence-corrected chi connectivity index (χ3v) is 13.7. The largest absolute Gasteiger partial charge is 0.453 e. The molecule has 2 saturated heterocycles. The molecule has 318 valence electrons. The number of fused-ring (bicyclic) bond motifs is 6. The fraction of sp³-hybridized carbons (Fsp3) is 0.468. The Morgan fingerprint density at radius 3 is 2.30 bits per heavy atom. The van der Waals surface area contributed by atoms with E-state index in [-0.39, 0.29) is 58.5 Å². The first-order chi connectivity index (χ1) is 29.0. The summed E-state index contributed by atoms with van der Waals surface area (Å²) in [5.41, 5.74) is 4.32. The minimum atomic E-state index is -3.26. The molecule has 3 aromatic carbocycles. The highest BCUT2D eigenvalue weighted by atomic mass is 19.3. The number of rotatable bonds is 7. The van der Waals surface area contributed by atoms with Crippen molar-refractivity contribution in [2.45, 2.75) is 109 Å². The zero-order chi connectivity index (χ0) is 42.7. The van der Waals surface area contributed by atoms with Gasteiger partial charge in [0.2, 0.25) is 5.91 Å². The Balaban J connectivity index is 0.901. The van der Waals surface area contributed by atoms with Crippen LogP contribution in [0.15, 0.2) is 60.8 Å². The Kier molecular flexibility index (Phi) is 8.95. The van der Waals surface area contributed by atoms with E-state index >= 15 is 8.78 Å². The lowest BCUT2D eigenvalue weighted by Gasteiger charge is -2.35. The maximum atomic E-state index is 16.6. The van der Waals surface area contributed by atoms with Gasteiger partial charge in [-0.25, -0.2) is 19.6 Å². The number of carbonyl (C=O) groups excluding carboxylic acids is 3. The molecule has 2 bridgehead atoms. The molecule has 3 amide bonds. The predicted octanol–water partition coefficient (Wildman–Crippen LogP) is 9.64. The van der Waals surface area contributed by atoms with Gasteiger partial charge in [0, 0.05) is 29.3 Å². The van der Waals surface area contributed by atoms with E-state index in [9.17, 15) is 14.4 Å². The van der Waals surface area contributed by atoms with Crippen LogP contribution in [0.25, 0.3) is 44.5 Å². The van der Waals surface area contributed by atoms with Crippen molar-refractivity contribution in [3.63, 3.8) is 0 Å². The van der Waals surface area contributed by atoms with Crippen LogP contribution in [0.5, 0.6) is 0 Å². The van der Waals surface area contributed by atoms with Crippen molar-refractivity contribution in [3.8, 4) is 33.5 Å². The van der Waals surface area contributed by atoms with Crippen LogP contribution in [0, 0.1) is 17.3 Å². The standard InChI is InChI=1S/C47H51F2N7O5/c1-24(2)38(54-43(58)60-6)42(57)55-23-46(15-16-46)21-37(55)40-50-22-36(53-40)27-9-13-31-30-12-8-25(18-32(30)47(48,49)33(31)19-27)26-10-14-34-35(20-26)52-41(51-34)39-28-7-11-29(17-28)56(39)44(59)61-45(3,4)5/h8-10,12-14,18-20,22,24,28-29,37-39H,7,11,15-17,21,23H2,1-6H3,(H,50,53)(H,51,52)(H,54,58)/t28?,29?,37-,38-,39?/m0/s1. The zero-order valence-electron chi connectivity index (χ0n) is 35.3. The van der Waals surface area contributed by atoms with Crippen LogP contribution in [0.3, 0.4) is 0 Å². The first-order valence-corrected chi connectivity index (χ1v) is 21.4. The number of amides is 3. The van der Waals surface area contributed by atoms with E-state index in [2.05, 4.69) is 15.3 Å². The van der Waals surface area contributed by atoms with E-state index in [1.807, 2.05) is 74.8 Å². The molecule has 2 aromatic heterocycles. The highest BCUT2D eigenvalue weighted by Crippen LogP contribution is 2.59. The van der Waals surface area contributed by atoms with Gasteiger partial charge in [-0.2, -0.15) is 8.78 Å². The maximum Gasteiger partial charge on any atom is 0.411 e. The van der Waals surface area contributed by atoms with E-state index < -0.39 is 23.7 Å². The monoisotopic (exact) mass is 831 g/mol. The van der Waals surface area contributed by atoms with Gasteiger partial charge in [0.1, 0.15) is 23.3 Å². The van der Waals surface area contributed by atoms with Crippen LogP contribution in [0.4, 0.5) is 18.4 Å². The molecule has 10 rings (SSSR count). The summed E-state index contributed by atoms with van der Waals surface area (Å²) in [7, 11) is 1.27. The van der Waals surface area contributed by atoms with Crippen LogP contribution < -0.4 is 5.32 Å². The highest BCUT2D eigenvalue weighted by Gasteiger charge is 2.55. The first kappa shape index (κ1) is 39.4. The summed E-state index contributed by atoms with van der Waals surface area (Å²) >= 11 is 0. The van der Waals surface area contributed by atoms with Gasteiger partial charge in [0.05, 0.1) is 42.1 Å². The van der Waals surface area contributed by atoms with Crippen LogP contribution in [-0.4, -0.2) is 79.2 Å². The number of aromatic amines is 2. The SMILES string of the molecule is COC(=O)N[C@H](C(=O)N1CC2(CC2)C[C@H]1c1ncc(-c2ccc3c(c2)C(F)(F)c2cc(-c4ccc5nc(C6C7CCC(C7)N6C(=O)OC(C)(C)C)[nH]c5c4)ccc2-3)[nH]1)C(C)C. The Bertz CT molecular complexity index is 2610. The van der Waals surface area contributed by atoms with Gasteiger partial charge in [-0.15, -0.1) is 0 Å². The second kappa shape index (κ2) is 13.9. The lowest BCUT2D eigenvalue weighted by atomic mass is 9.98. The number of halogens is 2. The molecule has 0 radical (unpaired) electrons. The summed E-state index contributed by atoms with van der Waals surface area (Å²) in [6, 6.07) is 14.9. The minimum Gasteiger partial charge on any atom is -0.453 e. The second-order valence-electron chi connectivity index (χ2n) is 19.2. The fourth-order valence-electron chi connectivity index (χ4n) is 10.4. The molecule has 4 fully saturated rings. The zero-order valence-corrected chi connectivity index (χ0v) is 35.3. The molecule has 5 aliphatic rings. The third-order valence-electron chi connectivity index (χ3n) is 13.7. The molecule has 3 unspecified atom stereocenters. The van der Waals surface area contributed by atoms with Gasteiger partial charge in [0.15, 0.2) is 0 Å². The number of H-pyrrole nitrogens is 2. The van der Waals surface area contributed by atoms with Crippen molar-refractivity contribution in [3.05, 3.63) is 83.6 Å². The Morgan fingerprint density at radius 2 is 1.61 bits per heavy atom. The number of nitrogens with one attached hydrogen (secondary N) is 3. The van der Waals surface area contributed by atoms with Gasteiger partial charge in [-0.05, 0) is 123 Å². The van der Waals surface area contributed by atoms with E-state index in [1.54, 1.807) is 24.4 Å². The lowest BCUT2D eigenvalue weighted by molar-refractivity contribution is -0.135. The number of hydrogen-bond donors (Lipinski definition) is 3. The van der Waals surface area contributed by atoms with Crippen molar-refractivity contribution in [2.75, 3.05) is 13.7 Å². The summed E-state index contributed by atoms with van der Waals surface area (Å²) < 4.78 is 43.8. The maximum absolute atomic E-state index is 16.6. The molecule has 5 atom stereocenters. The number of alkyl halides is 2. The van der Waals surface area contributed by atoms with Crippen LogP contribution in [0.2, 0.25) is 0 Å². The number of ether oxygens (including phenoxy) is 2. The number of benzene rings is 3. The quantitative estimate of drug-likeness (QED) is 0.148. The second-order valence-corrected chi connectivity index (χ2v) is 19.2. The van der Waals surface area contributed by atoms with Crippen LogP contribution in [-0.2, 0) is 20.2 Å². The summed E-state index contributed by atoms with van der Waals surface area (Å²) in [6.07, 6.45) is 6.30. The molecule has 12 nitrogen and oxygen atoms in total. The number of likely N-dealkylation sites (tertiary alicyclic amines) is 2. The number of carbonyl (C=O) groups is 3. The molecule has 3 aliphatic carbocycles. The van der Waals surface area contributed by atoms with E-state index in [1.165, 1.54) is 13.2 Å². The molecule has 3 N–H and O–H groups in total. The molecular weight excluding hydrogens is 781 g/mol. The molecule has 5 aromatic rings. The summed E-state index contributed by atoms with van der Waals surface area (Å²) in [4.78, 5) is 59.6. The topological polar surface area (TPSA) is 146 Å². The number of piperidine rings is 1. The average Bonchev–Trinajstić information content (AvgIpc) is 3.87. The molecule has 2 saturated carbocycles. The summed E-state index contributed by atoms with van der Waals surface area (Å²) in [6.45, 7) is 9.93. The van der Waals surface area contributed by atoms with Crippen molar-refractivity contribution in [2.24, 2.45) is 17.3 Å². The number of nitrogens with zero attached hydrogens (tertiary/aromatic N) is 4. The molecular formula is C47H51F2N7O5. The molecule has 61 heavy (non-hydrogen) atoms. The molecule has 1 spiro atoms. The highest BCUT2D eigenvalue weighted by molar-refractivity contribution is 5.88. The Morgan fingerprint density at radius 1 is 0.918 bits per heavy atom. The molecule has 4 heterocycles. The van der Waals surface area contributed by atoms with Crippen molar-refractivity contribution in [1.82, 2.24) is 35.1 Å². The first-order valence-electron chi connectivity index (χ1n) is 21.4. The average molecular weight is 832 g/mol. The van der Waals surface area contributed by atoms with E-state index in [0.717, 1.165) is 60.9 Å². The Hall–Kier alpha value is -5.79. The number of alkyl carbamates (subject to hydrolysis) is 1. The molecule has 2 aliphatic heterocycles. The van der Waals surface area contributed by atoms with Crippen LogP contribution in [0.1, 0.15) is 108 Å². The fourth-order valence-corrected chi connectivity index (χ4v) is 10.4. The predicted molar refractivity (Wildman–Crippen MR) is 224 cm³/mol. The minimum absolute atomic E-state index is 0.0215. The van der Waals surface area contributed by atoms with Crippen molar-refractivity contribution in [1.29, 1.82) is 0 Å². The van der Waals surface area contributed by atoms with Gasteiger partial charge >= 0.3 is 12.2 Å².